The first-order chi connectivity index (χ1) is 13.5. The summed E-state index contributed by atoms with van der Waals surface area (Å²) in [6, 6.07) is 19.9. The first-order valence-electron chi connectivity index (χ1n) is 9.09. The van der Waals surface area contributed by atoms with E-state index in [0.717, 1.165) is 31.8 Å². The van der Waals surface area contributed by atoms with Crippen molar-refractivity contribution in [3.05, 3.63) is 86.5 Å². The maximum Gasteiger partial charge on any atom is 0.262 e. The Bertz CT molecular complexity index is 1050. The van der Waals surface area contributed by atoms with E-state index in [9.17, 15) is 4.79 Å². The highest BCUT2D eigenvalue weighted by molar-refractivity contribution is 14.1. The number of amides is 1. The summed E-state index contributed by atoms with van der Waals surface area (Å²) in [6.07, 6.45) is -0.283. The van der Waals surface area contributed by atoms with E-state index >= 15 is 0 Å². The number of halogens is 1. The van der Waals surface area contributed by atoms with Crippen molar-refractivity contribution in [2.45, 2.75) is 20.0 Å². The highest BCUT2D eigenvalue weighted by Crippen LogP contribution is 2.38. The van der Waals surface area contributed by atoms with Gasteiger partial charge in [-0.05, 0) is 90.0 Å². The van der Waals surface area contributed by atoms with Gasteiger partial charge >= 0.3 is 0 Å². The molecule has 0 radical (unpaired) electrons. The van der Waals surface area contributed by atoms with E-state index in [1.54, 1.807) is 7.11 Å². The molecule has 4 rings (SSSR count). The quantitative estimate of drug-likeness (QED) is 0.486. The van der Waals surface area contributed by atoms with Crippen molar-refractivity contribution in [2.24, 2.45) is 0 Å². The number of ether oxygens (including phenoxy) is 1. The van der Waals surface area contributed by atoms with Gasteiger partial charge in [-0.3, -0.25) is 9.69 Å². The monoisotopic (exact) mass is 484 g/mol. The van der Waals surface area contributed by atoms with Crippen molar-refractivity contribution in [1.29, 1.82) is 0 Å². The molecule has 0 unspecified atom stereocenters. The van der Waals surface area contributed by atoms with E-state index in [0.29, 0.717) is 5.56 Å². The first-order valence-corrected chi connectivity index (χ1v) is 10.2. The summed E-state index contributed by atoms with van der Waals surface area (Å²) in [7, 11) is 1.64. The second-order valence-electron chi connectivity index (χ2n) is 6.97. The molecule has 0 aliphatic carbocycles. The average Bonchev–Trinajstić information content (AvgIpc) is 2.69. The van der Waals surface area contributed by atoms with Crippen LogP contribution in [-0.2, 0) is 0 Å². The number of nitrogens with zero attached hydrogens (tertiary/aromatic N) is 1. The van der Waals surface area contributed by atoms with Crippen LogP contribution in [0, 0.1) is 17.4 Å². The van der Waals surface area contributed by atoms with Gasteiger partial charge in [0.15, 0.2) is 0 Å². The lowest BCUT2D eigenvalue weighted by Crippen LogP contribution is -2.43. The largest absolute Gasteiger partial charge is 0.497 e. The molecule has 0 saturated carbocycles. The van der Waals surface area contributed by atoms with Crippen LogP contribution in [0.2, 0.25) is 0 Å². The summed E-state index contributed by atoms with van der Waals surface area (Å²) in [4.78, 5) is 15.4. The standard InChI is InChI=1S/C23H21IN2O2/c1-14-4-10-19(15(2)12-14)22-25-21-11-5-16(24)13-20(21)23(27)26(22)17-6-8-18(28-3)9-7-17/h4-13,22,25H,1-3H3/t22-/m0/s1. The van der Waals surface area contributed by atoms with E-state index in [-0.39, 0.29) is 12.1 Å². The number of nitrogens with one attached hydrogen (secondary N) is 1. The molecule has 3 aromatic rings. The summed E-state index contributed by atoms with van der Waals surface area (Å²) in [5.74, 6) is 0.751. The Morgan fingerprint density at radius 1 is 1.00 bits per heavy atom. The van der Waals surface area contributed by atoms with Gasteiger partial charge in [0.2, 0.25) is 0 Å². The van der Waals surface area contributed by atoms with Gasteiger partial charge in [-0.2, -0.15) is 0 Å². The lowest BCUT2D eigenvalue weighted by molar-refractivity contribution is 0.0974. The van der Waals surface area contributed by atoms with Gasteiger partial charge in [-0.15, -0.1) is 0 Å². The van der Waals surface area contributed by atoms with E-state index in [4.69, 9.17) is 4.74 Å². The molecule has 1 amide bonds. The first kappa shape index (κ1) is 18.8. The number of rotatable bonds is 3. The number of hydrogen-bond donors (Lipinski definition) is 1. The van der Waals surface area contributed by atoms with E-state index in [1.807, 2.05) is 47.4 Å². The SMILES string of the molecule is COc1ccc(N2C(=O)c3cc(I)ccc3N[C@@H]2c2ccc(C)cc2C)cc1. The maximum atomic E-state index is 13.5. The zero-order valence-corrected chi connectivity index (χ0v) is 18.2. The van der Waals surface area contributed by atoms with Crippen LogP contribution < -0.4 is 15.0 Å². The molecule has 4 nitrogen and oxygen atoms in total. The summed E-state index contributed by atoms with van der Waals surface area (Å²) >= 11 is 2.24. The molecule has 28 heavy (non-hydrogen) atoms. The highest BCUT2D eigenvalue weighted by atomic mass is 127. The van der Waals surface area contributed by atoms with Crippen LogP contribution in [0.15, 0.2) is 60.7 Å². The smallest absolute Gasteiger partial charge is 0.262 e. The van der Waals surface area contributed by atoms with Gasteiger partial charge < -0.3 is 10.1 Å². The second-order valence-corrected chi connectivity index (χ2v) is 8.22. The third-order valence-electron chi connectivity index (χ3n) is 5.05. The van der Waals surface area contributed by atoms with E-state index in [2.05, 4.69) is 60.0 Å². The van der Waals surface area contributed by atoms with Gasteiger partial charge in [-0.1, -0.05) is 23.8 Å². The summed E-state index contributed by atoms with van der Waals surface area (Å²) < 4.78 is 6.31. The van der Waals surface area contributed by atoms with Gasteiger partial charge in [0, 0.05) is 14.9 Å². The Kier molecular flexibility index (Phi) is 5.02. The second kappa shape index (κ2) is 7.47. The minimum absolute atomic E-state index is 0.0117. The molecular weight excluding hydrogens is 463 g/mol. The van der Waals surface area contributed by atoms with Crippen LogP contribution in [0.3, 0.4) is 0 Å². The molecule has 3 aromatic carbocycles. The number of benzene rings is 3. The number of carbonyl (C=O) groups is 1. The van der Waals surface area contributed by atoms with Crippen LogP contribution >= 0.6 is 22.6 Å². The molecule has 0 aromatic heterocycles. The molecule has 1 N–H and O–H groups in total. The Morgan fingerprint density at radius 2 is 1.75 bits per heavy atom. The predicted octanol–water partition coefficient (Wildman–Crippen LogP) is 5.69. The Labute approximate surface area is 178 Å². The van der Waals surface area contributed by atoms with Gasteiger partial charge in [-0.25, -0.2) is 0 Å². The van der Waals surface area contributed by atoms with Crippen LogP contribution in [0.4, 0.5) is 11.4 Å². The fourth-order valence-electron chi connectivity index (χ4n) is 3.64. The topological polar surface area (TPSA) is 41.6 Å². The fourth-order valence-corrected chi connectivity index (χ4v) is 4.13. The van der Waals surface area contributed by atoms with Crippen molar-refractivity contribution < 1.29 is 9.53 Å². The number of carbonyl (C=O) groups excluding carboxylic acids is 1. The van der Waals surface area contributed by atoms with Gasteiger partial charge in [0.1, 0.15) is 11.9 Å². The highest BCUT2D eigenvalue weighted by Gasteiger charge is 2.35. The molecular formula is C23H21IN2O2. The molecule has 0 saturated heterocycles. The van der Waals surface area contributed by atoms with E-state index in [1.165, 1.54) is 5.56 Å². The molecule has 0 fully saturated rings. The number of methoxy groups -OCH3 is 1. The lowest BCUT2D eigenvalue weighted by Gasteiger charge is -2.39. The molecule has 0 bridgehead atoms. The molecule has 1 aliphatic rings. The minimum Gasteiger partial charge on any atom is -0.497 e. The minimum atomic E-state index is -0.283. The maximum absolute atomic E-state index is 13.5. The summed E-state index contributed by atoms with van der Waals surface area (Å²) in [5, 5.41) is 3.58. The zero-order valence-electron chi connectivity index (χ0n) is 16.0. The molecule has 0 spiro atoms. The van der Waals surface area contributed by atoms with Crippen LogP contribution in [0.1, 0.15) is 33.2 Å². The van der Waals surface area contributed by atoms with Crippen molar-refractivity contribution in [3.63, 3.8) is 0 Å². The number of anilines is 2. The molecule has 1 atom stereocenters. The summed E-state index contributed by atoms with van der Waals surface area (Å²) in [6.45, 7) is 4.17. The number of aryl methyl sites for hydroxylation is 2. The van der Waals surface area contributed by atoms with Gasteiger partial charge in [0.05, 0.1) is 12.7 Å². The zero-order chi connectivity index (χ0) is 19.8. The molecule has 1 heterocycles. The Hall–Kier alpha value is -2.54. The van der Waals surface area contributed by atoms with Crippen molar-refractivity contribution >= 4 is 39.9 Å². The lowest BCUT2D eigenvalue weighted by atomic mass is 9.98. The predicted molar refractivity (Wildman–Crippen MR) is 121 cm³/mol. The van der Waals surface area contributed by atoms with Crippen molar-refractivity contribution in [2.75, 3.05) is 17.3 Å². The number of hydrogen-bond acceptors (Lipinski definition) is 3. The summed E-state index contributed by atoms with van der Waals surface area (Å²) in [5.41, 5.74) is 5.81. The third kappa shape index (κ3) is 3.35. The van der Waals surface area contributed by atoms with Crippen molar-refractivity contribution in [3.8, 4) is 5.75 Å². The van der Waals surface area contributed by atoms with Crippen LogP contribution in [-0.4, -0.2) is 13.0 Å². The third-order valence-corrected chi connectivity index (χ3v) is 5.72. The normalized spacial score (nSPS) is 15.8. The molecule has 1 aliphatic heterocycles. The average molecular weight is 484 g/mol. The fraction of sp³-hybridized carbons (Fsp3) is 0.174. The molecule has 5 heteroatoms. The van der Waals surface area contributed by atoms with Crippen LogP contribution in [0.25, 0.3) is 0 Å². The number of fused-ring (bicyclic) bond motifs is 1. The Morgan fingerprint density at radius 3 is 2.43 bits per heavy atom. The van der Waals surface area contributed by atoms with Crippen molar-refractivity contribution in [1.82, 2.24) is 0 Å². The van der Waals surface area contributed by atoms with E-state index < -0.39 is 0 Å². The van der Waals surface area contributed by atoms with Gasteiger partial charge in [0.25, 0.3) is 5.91 Å². The van der Waals surface area contributed by atoms with Crippen LogP contribution in [0.5, 0.6) is 5.75 Å². The molecule has 142 valence electrons. The Balaban J connectivity index is 1.87.